The van der Waals surface area contributed by atoms with Crippen LogP contribution in [0.2, 0.25) is 0 Å². The molecule has 70 valence electrons. The number of carboxylic acid groups (broad SMARTS) is 1. The van der Waals surface area contributed by atoms with Crippen LogP contribution in [0.4, 0.5) is 5.69 Å². The Morgan fingerprint density at radius 3 is 3.08 bits per heavy atom. The molecule has 0 aromatic carbocycles. The Labute approximate surface area is 75.6 Å². The average Bonchev–Trinajstić information content (AvgIpc) is 2.15. The van der Waals surface area contributed by atoms with Crippen LogP contribution in [-0.4, -0.2) is 29.1 Å². The van der Waals surface area contributed by atoms with E-state index in [1.165, 1.54) is 12.3 Å². The number of nitrogens with one attached hydrogen (secondary N) is 1. The minimum Gasteiger partial charge on any atom is -0.477 e. The Hall–Kier alpha value is -1.62. The van der Waals surface area contributed by atoms with E-state index in [-0.39, 0.29) is 5.69 Å². The summed E-state index contributed by atoms with van der Waals surface area (Å²) in [6, 6.07) is 3.17. The van der Waals surface area contributed by atoms with Crippen LogP contribution < -0.4 is 11.1 Å². The highest BCUT2D eigenvalue weighted by molar-refractivity contribution is 5.86. The van der Waals surface area contributed by atoms with Gasteiger partial charge in [-0.1, -0.05) is 0 Å². The topological polar surface area (TPSA) is 88.2 Å². The van der Waals surface area contributed by atoms with Crippen molar-refractivity contribution in [2.24, 2.45) is 5.73 Å². The molecule has 1 aromatic rings. The third-order valence-electron chi connectivity index (χ3n) is 1.45. The number of aromatic nitrogens is 1. The van der Waals surface area contributed by atoms with Crippen LogP contribution in [0.3, 0.4) is 0 Å². The van der Waals surface area contributed by atoms with E-state index < -0.39 is 5.97 Å². The Kier molecular flexibility index (Phi) is 3.22. The lowest BCUT2D eigenvalue weighted by molar-refractivity contribution is 0.0690. The highest BCUT2D eigenvalue weighted by Crippen LogP contribution is 2.06. The number of nitrogens with zero attached hydrogens (tertiary/aromatic N) is 1. The molecule has 4 N–H and O–H groups in total. The van der Waals surface area contributed by atoms with E-state index in [4.69, 9.17) is 10.8 Å². The maximum absolute atomic E-state index is 10.5. The Balaban J connectivity index is 2.73. The van der Waals surface area contributed by atoms with Crippen LogP contribution in [0.15, 0.2) is 18.3 Å². The van der Waals surface area contributed by atoms with Crippen LogP contribution in [-0.2, 0) is 0 Å². The van der Waals surface area contributed by atoms with E-state index in [2.05, 4.69) is 10.3 Å². The number of hydrogen-bond acceptors (Lipinski definition) is 4. The van der Waals surface area contributed by atoms with Gasteiger partial charge in [-0.3, -0.25) is 0 Å². The molecule has 1 heterocycles. The first-order valence-electron chi connectivity index (χ1n) is 3.87. The second-order valence-corrected chi connectivity index (χ2v) is 2.45. The molecular formula is C8H11N3O2. The molecule has 0 bridgehead atoms. The van der Waals surface area contributed by atoms with Crippen molar-refractivity contribution in [2.45, 2.75) is 0 Å². The molecule has 5 nitrogen and oxygen atoms in total. The molecule has 0 aliphatic heterocycles. The Morgan fingerprint density at radius 1 is 1.69 bits per heavy atom. The highest BCUT2D eigenvalue weighted by Gasteiger charge is 2.03. The molecule has 1 aromatic heterocycles. The number of carbonyl (C=O) groups is 1. The summed E-state index contributed by atoms with van der Waals surface area (Å²) in [6.07, 6.45) is 1.45. The maximum Gasteiger partial charge on any atom is 0.354 e. The van der Waals surface area contributed by atoms with Crippen molar-refractivity contribution in [1.82, 2.24) is 4.98 Å². The van der Waals surface area contributed by atoms with Crippen molar-refractivity contribution < 1.29 is 9.90 Å². The van der Waals surface area contributed by atoms with Crippen LogP contribution in [0.5, 0.6) is 0 Å². The zero-order chi connectivity index (χ0) is 9.68. The fourth-order valence-corrected chi connectivity index (χ4v) is 0.874. The molecule has 0 aliphatic rings. The number of hydrogen-bond donors (Lipinski definition) is 3. The minimum absolute atomic E-state index is 0.0296. The van der Waals surface area contributed by atoms with E-state index in [1.54, 1.807) is 6.07 Å². The predicted octanol–water partition coefficient (Wildman–Crippen LogP) is 0.150. The first kappa shape index (κ1) is 9.47. The minimum atomic E-state index is -1.03. The van der Waals surface area contributed by atoms with Gasteiger partial charge in [-0.25, -0.2) is 9.78 Å². The highest BCUT2D eigenvalue weighted by atomic mass is 16.4. The first-order chi connectivity index (χ1) is 6.24. The molecular weight excluding hydrogens is 170 g/mol. The molecule has 0 fully saturated rings. The van der Waals surface area contributed by atoms with Gasteiger partial charge in [-0.15, -0.1) is 0 Å². The molecule has 0 spiro atoms. The van der Waals surface area contributed by atoms with Crippen LogP contribution in [0, 0.1) is 0 Å². The van der Waals surface area contributed by atoms with Gasteiger partial charge in [0.05, 0.1) is 0 Å². The quantitative estimate of drug-likeness (QED) is 0.615. The number of pyridine rings is 1. The van der Waals surface area contributed by atoms with Crippen molar-refractivity contribution in [3.63, 3.8) is 0 Å². The molecule has 0 saturated heterocycles. The monoisotopic (exact) mass is 181 g/mol. The fourth-order valence-electron chi connectivity index (χ4n) is 0.874. The SMILES string of the molecule is NCCNc1ccnc(C(=O)O)c1. The third kappa shape index (κ3) is 2.72. The van der Waals surface area contributed by atoms with Crippen LogP contribution >= 0.6 is 0 Å². The van der Waals surface area contributed by atoms with E-state index in [1.807, 2.05) is 0 Å². The summed E-state index contributed by atoms with van der Waals surface area (Å²) in [6.45, 7) is 1.12. The lowest BCUT2D eigenvalue weighted by atomic mass is 10.3. The van der Waals surface area contributed by atoms with Crippen LogP contribution in [0.25, 0.3) is 0 Å². The smallest absolute Gasteiger partial charge is 0.354 e. The molecule has 0 atom stereocenters. The predicted molar refractivity (Wildman–Crippen MR) is 48.7 cm³/mol. The third-order valence-corrected chi connectivity index (χ3v) is 1.45. The Morgan fingerprint density at radius 2 is 2.46 bits per heavy atom. The van der Waals surface area contributed by atoms with Gasteiger partial charge >= 0.3 is 5.97 Å². The van der Waals surface area contributed by atoms with Crippen molar-refractivity contribution >= 4 is 11.7 Å². The van der Waals surface area contributed by atoms with Gasteiger partial charge in [0.15, 0.2) is 0 Å². The zero-order valence-electron chi connectivity index (χ0n) is 7.03. The molecule has 0 aliphatic carbocycles. The van der Waals surface area contributed by atoms with Crippen molar-refractivity contribution in [3.8, 4) is 0 Å². The van der Waals surface area contributed by atoms with E-state index in [0.717, 1.165) is 5.69 Å². The van der Waals surface area contributed by atoms with Gasteiger partial charge < -0.3 is 16.2 Å². The van der Waals surface area contributed by atoms with Gasteiger partial charge in [0.2, 0.25) is 0 Å². The van der Waals surface area contributed by atoms with Gasteiger partial charge in [-0.05, 0) is 12.1 Å². The second kappa shape index (κ2) is 4.42. The largest absolute Gasteiger partial charge is 0.477 e. The number of nitrogens with two attached hydrogens (primary N) is 1. The van der Waals surface area contributed by atoms with Gasteiger partial charge in [0.25, 0.3) is 0 Å². The number of anilines is 1. The first-order valence-corrected chi connectivity index (χ1v) is 3.87. The van der Waals surface area contributed by atoms with E-state index in [9.17, 15) is 4.79 Å². The van der Waals surface area contributed by atoms with Gasteiger partial charge in [-0.2, -0.15) is 0 Å². The Bertz CT molecular complexity index is 301. The summed E-state index contributed by atoms with van der Waals surface area (Å²) >= 11 is 0. The standard InChI is InChI=1S/C8H11N3O2/c9-2-4-10-6-1-3-11-7(5-6)8(12)13/h1,3,5H,2,4,9H2,(H,10,11)(H,12,13). The number of aromatic carboxylic acids is 1. The second-order valence-electron chi connectivity index (χ2n) is 2.45. The van der Waals surface area contributed by atoms with Gasteiger partial charge in [0.1, 0.15) is 5.69 Å². The summed E-state index contributed by atoms with van der Waals surface area (Å²) in [5.74, 6) is -1.03. The van der Waals surface area contributed by atoms with Crippen molar-refractivity contribution in [1.29, 1.82) is 0 Å². The number of carboxylic acids is 1. The fraction of sp³-hybridized carbons (Fsp3) is 0.250. The van der Waals surface area contributed by atoms with E-state index in [0.29, 0.717) is 13.1 Å². The summed E-state index contributed by atoms with van der Waals surface area (Å²) < 4.78 is 0. The molecule has 1 rings (SSSR count). The number of rotatable bonds is 4. The lowest BCUT2D eigenvalue weighted by Gasteiger charge is -2.03. The summed E-state index contributed by atoms with van der Waals surface area (Å²) in [5.41, 5.74) is 6.03. The molecule has 0 amide bonds. The maximum atomic E-state index is 10.5. The normalized spacial score (nSPS) is 9.62. The summed E-state index contributed by atoms with van der Waals surface area (Å²) in [7, 11) is 0. The lowest BCUT2D eigenvalue weighted by Crippen LogP contribution is -2.13. The van der Waals surface area contributed by atoms with Crippen LogP contribution in [0.1, 0.15) is 10.5 Å². The molecule has 0 radical (unpaired) electrons. The van der Waals surface area contributed by atoms with E-state index >= 15 is 0 Å². The molecule has 13 heavy (non-hydrogen) atoms. The molecule has 5 heteroatoms. The van der Waals surface area contributed by atoms with Crippen molar-refractivity contribution in [2.75, 3.05) is 18.4 Å². The zero-order valence-corrected chi connectivity index (χ0v) is 7.03. The van der Waals surface area contributed by atoms with Crippen molar-refractivity contribution in [3.05, 3.63) is 24.0 Å². The molecule has 0 unspecified atom stereocenters. The molecule has 0 saturated carbocycles. The van der Waals surface area contributed by atoms with Gasteiger partial charge in [0, 0.05) is 25.0 Å². The average molecular weight is 181 g/mol. The summed E-state index contributed by atoms with van der Waals surface area (Å²) in [4.78, 5) is 14.2. The summed E-state index contributed by atoms with van der Waals surface area (Å²) in [5, 5.41) is 11.6.